The summed E-state index contributed by atoms with van der Waals surface area (Å²) in [5, 5.41) is 5.22. The van der Waals surface area contributed by atoms with E-state index in [9.17, 15) is 14.4 Å². The molecule has 0 saturated carbocycles. The maximum Gasteiger partial charge on any atom is 0.257 e. The molecule has 0 bridgehead atoms. The van der Waals surface area contributed by atoms with Gasteiger partial charge >= 0.3 is 0 Å². The van der Waals surface area contributed by atoms with E-state index in [1.54, 1.807) is 24.3 Å². The fourth-order valence-corrected chi connectivity index (χ4v) is 3.89. The molecule has 2 heterocycles. The van der Waals surface area contributed by atoms with Crippen molar-refractivity contribution in [2.24, 2.45) is 0 Å². The fraction of sp³-hybridized carbons (Fsp3) is 0.182. The quantitative estimate of drug-likeness (QED) is 0.643. The number of nitrogens with one attached hydrogen (secondary N) is 1. The number of anilines is 2. The van der Waals surface area contributed by atoms with Crippen LogP contribution < -0.4 is 10.2 Å². The highest BCUT2D eigenvalue weighted by molar-refractivity contribution is 7.14. The lowest BCUT2D eigenvalue weighted by molar-refractivity contribution is -0.121. The van der Waals surface area contributed by atoms with E-state index >= 15 is 0 Å². The van der Waals surface area contributed by atoms with Crippen molar-refractivity contribution in [1.82, 2.24) is 4.98 Å². The molecule has 2 aromatic carbocycles. The summed E-state index contributed by atoms with van der Waals surface area (Å²) in [6, 6.07) is 14.6. The van der Waals surface area contributed by atoms with Gasteiger partial charge < -0.3 is 0 Å². The van der Waals surface area contributed by atoms with Gasteiger partial charge in [-0.15, -0.1) is 11.3 Å². The van der Waals surface area contributed by atoms with Crippen molar-refractivity contribution in [1.29, 1.82) is 0 Å². The summed E-state index contributed by atoms with van der Waals surface area (Å²) in [5.74, 6) is -0.721. The summed E-state index contributed by atoms with van der Waals surface area (Å²) in [6.07, 6.45) is 1.45. The van der Waals surface area contributed by atoms with Crippen LogP contribution in [0.15, 0.2) is 53.9 Å². The van der Waals surface area contributed by atoms with Crippen molar-refractivity contribution in [3.8, 4) is 11.3 Å². The standard InChI is InChI=1S/C22H19N3O3S/c1-2-14-3-5-15(6-4-14)18-13-29-22(23-18)24-21(28)16-7-9-17(10-8-16)25-19(26)11-12-20(25)27/h3-10,13H,2,11-12H2,1H3,(H,23,24,28). The number of hydrogen-bond donors (Lipinski definition) is 1. The Morgan fingerprint density at radius 1 is 1.03 bits per heavy atom. The molecule has 1 aromatic heterocycles. The van der Waals surface area contributed by atoms with E-state index in [2.05, 4.69) is 29.4 Å². The van der Waals surface area contributed by atoms with Crippen LogP contribution in [0.5, 0.6) is 0 Å². The number of thiazole rings is 1. The third-order valence-electron chi connectivity index (χ3n) is 4.82. The van der Waals surface area contributed by atoms with E-state index in [1.165, 1.54) is 21.8 Å². The Morgan fingerprint density at radius 3 is 2.31 bits per heavy atom. The smallest absolute Gasteiger partial charge is 0.257 e. The van der Waals surface area contributed by atoms with Crippen LogP contribution in [-0.4, -0.2) is 22.7 Å². The van der Waals surface area contributed by atoms with Crippen LogP contribution >= 0.6 is 11.3 Å². The van der Waals surface area contributed by atoms with Crippen LogP contribution in [0.3, 0.4) is 0 Å². The minimum absolute atomic E-state index is 0.213. The summed E-state index contributed by atoms with van der Waals surface area (Å²) < 4.78 is 0. The fourth-order valence-electron chi connectivity index (χ4n) is 3.17. The number of imide groups is 1. The summed E-state index contributed by atoms with van der Waals surface area (Å²) in [6.45, 7) is 2.11. The Kier molecular flexibility index (Phi) is 5.22. The number of rotatable bonds is 5. The zero-order chi connectivity index (χ0) is 20.4. The number of nitrogens with zero attached hydrogens (tertiary/aromatic N) is 2. The Bertz CT molecular complexity index is 1060. The number of carbonyl (C=O) groups excluding carboxylic acids is 3. The average molecular weight is 405 g/mol. The normalized spacial score (nSPS) is 13.8. The lowest BCUT2D eigenvalue weighted by atomic mass is 10.1. The highest BCUT2D eigenvalue weighted by Gasteiger charge is 2.30. The third-order valence-corrected chi connectivity index (χ3v) is 5.58. The van der Waals surface area contributed by atoms with Gasteiger partial charge in [0, 0.05) is 29.3 Å². The number of hydrogen-bond acceptors (Lipinski definition) is 5. The largest absolute Gasteiger partial charge is 0.298 e. The molecule has 0 aliphatic carbocycles. The number of aromatic nitrogens is 1. The van der Waals surface area contributed by atoms with Gasteiger partial charge in [-0.2, -0.15) is 0 Å². The monoisotopic (exact) mass is 405 g/mol. The van der Waals surface area contributed by atoms with E-state index < -0.39 is 0 Å². The van der Waals surface area contributed by atoms with Gasteiger partial charge in [-0.05, 0) is 36.2 Å². The first-order chi connectivity index (χ1) is 14.0. The summed E-state index contributed by atoms with van der Waals surface area (Å²) >= 11 is 1.36. The molecule has 1 fully saturated rings. The van der Waals surface area contributed by atoms with Crippen molar-refractivity contribution in [3.63, 3.8) is 0 Å². The molecule has 0 unspecified atom stereocenters. The zero-order valence-corrected chi connectivity index (χ0v) is 16.7. The molecule has 0 atom stereocenters. The SMILES string of the molecule is CCc1ccc(-c2csc(NC(=O)c3ccc(N4C(=O)CCC4=O)cc3)n2)cc1. The van der Waals surface area contributed by atoms with E-state index in [-0.39, 0.29) is 30.6 Å². The molecule has 7 heteroatoms. The van der Waals surface area contributed by atoms with Gasteiger partial charge in [0.15, 0.2) is 5.13 Å². The molecule has 1 aliphatic heterocycles. The van der Waals surface area contributed by atoms with Crippen molar-refractivity contribution in [2.75, 3.05) is 10.2 Å². The second-order valence-electron chi connectivity index (χ2n) is 6.71. The van der Waals surface area contributed by atoms with Gasteiger partial charge in [0.1, 0.15) is 0 Å². The highest BCUT2D eigenvalue weighted by atomic mass is 32.1. The number of aryl methyl sites for hydroxylation is 1. The average Bonchev–Trinajstić information content (AvgIpc) is 3.34. The summed E-state index contributed by atoms with van der Waals surface area (Å²) in [7, 11) is 0. The van der Waals surface area contributed by atoms with Crippen molar-refractivity contribution in [3.05, 3.63) is 65.0 Å². The molecule has 1 N–H and O–H groups in total. The first-order valence-electron chi connectivity index (χ1n) is 9.37. The Morgan fingerprint density at radius 2 is 1.69 bits per heavy atom. The van der Waals surface area contributed by atoms with Crippen LogP contribution in [0.4, 0.5) is 10.8 Å². The lowest BCUT2D eigenvalue weighted by Gasteiger charge is -2.13. The molecule has 3 aromatic rings. The third kappa shape index (κ3) is 3.95. The number of amides is 3. The molecule has 1 aliphatic rings. The van der Waals surface area contributed by atoms with E-state index in [0.29, 0.717) is 16.4 Å². The molecule has 6 nitrogen and oxygen atoms in total. The lowest BCUT2D eigenvalue weighted by Crippen LogP contribution is -2.28. The topological polar surface area (TPSA) is 79.4 Å². The summed E-state index contributed by atoms with van der Waals surface area (Å²) in [5.41, 5.74) is 3.99. The van der Waals surface area contributed by atoms with Gasteiger partial charge in [-0.3, -0.25) is 24.6 Å². The molecular formula is C22H19N3O3S. The van der Waals surface area contributed by atoms with Gasteiger partial charge in [-0.25, -0.2) is 4.98 Å². The Labute approximate surface area is 172 Å². The van der Waals surface area contributed by atoms with Crippen LogP contribution in [0.2, 0.25) is 0 Å². The number of carbonyl (C=O) groups is 3. The van der Waals surface area contributed by atoms with E-state index in [4.69, 9.17) is 0 Å². The molecule has 4 rings (SSSR count). The molecule has 3 amide bonds. The molecule has 1 saturated heterocycles. The maximum absolute atomic E-state index is 12.5. The predicted octanol–water partition coefficient (Wildman–Crippen LogP) is 4.28. The van der Waals surface area contributed by atoms with Crippen LogP contribution in [-0.2, 0) is 16.0 Å². The second-order valence-corrected chi connectivity index (χ2v) is 7.57. The van der Waals surface area contributed by atoms with Crippen LogP contribution in [0.1, 0.15) is 35.7 Å². The second kappa shape index (κ2) is 7.97. The van der Waals surface area contributed by atoms with E-state index in [1.807, 2.05) is 17.5 Å². The Hall–Kier alpha value is -3.32. The van der Waals surface area contributed by atoms with Crippen LogP contribution in [0.25, 0.3) is 11.3 Å². The van der Waals surface area contributed by atoms with Gasteiger partial charge in [0.25, 0.3) is 5.91 Å². The molecule has 0 radical (unpaired) electrons. The minimum Gasteiger partial charge on any atom is -0.298 e. The van der Waals surface area contributed by atoms with Crippen molar-refractivity contribution in [2.45, 2.75) is 26.2 Å². The predicted molar refractivity (Wildman–Crippen MR) is 113 cm³/mol. The van der Waals surface area contributed by atoms with Crippen molar-refractivity contribution >= 4 is 39.9 Å². The molecular weight excluding hydrogens is 386 g/mol. The first kappa shape index (κ1) is 19.0. The zero-order valence-electron chi connectivity index (χ0n) is 15.8. The van der Waals surface area contributed by atoms with E-state index in [0.717, 1.165) is 17.7 Å². The molecule has 146 valence electrons. The molecule has 0 spiro atoms. The van der Waals surface area contributed by atoms with Crippen molar-refractivity contribution < 1.29 is 14.4 Å². The number of benzene rings is 2. The van der Waals surface area contributed by atoms with Gasteiger partial charge in [0.05, 0.1) is 11.4 Å². The minimum atomic E-state index is -0.294. The Balaban J connectivity index is 1.45. The molecule has 29 heavy (non-hydrogen) atoms. The highest BCUT2D eigenvalue weighted by Crippen LogP contribution is 2.26. The first-order valence-corrected chi connectivity index (χ1v) is 10.2. The van der Waals surface area contributed by atoms with Crippen LogP contribution in [0, 0.1) is 0 Å². The van der Waals surface area contributed by atoms with Gasteiger partial charge in [0.2, 0.25) is 11.8 Å². The van der Waals surface area contributed by atoms with Gasteiger partial charge in [-0.1, -0.05) is 31.2 Å². The summed E-state index contributed by atoms with van der Waals surface area (Å²) in [4.78, 5) is 41.8. The maximum atomic E-state index is 12.5.